The molecular weight excluding hydrogens is 184 g/mol. The second-order valence-electron chi connectivity index (χ2n) is 3.63. The molecule has 1 aliphatic carbocycles. The van der Waals surface area contributed by atoms with Crippen LogP contribution in [0.1, 0.15) is 25.7 Å². The topological polar surface area (TPSA) is 55.8 Å². The molecule has 1 N–H and O–H groups in total. The van der Waals surface area contributed by atoms with Gasteiger partial charge in [0.1, 0.15) is 0 Å². The zero-order chi connectivity index (χ0) is 10.4. The molecule has 1 fully saturated rings. The second-order valence-corrected chi connectivity index (χ2v) is 3.63. The van der Waals surface area contributed by atoms with E-state index in [-0.39, 0.29) is 12.0 Å². The van der Waals surface area contributed by atoms with E-state index in [1.807, 2.05) is 0 Å². The lowest BCUT2D eigenvalue weighted by Gasteiger charge is -2.28. The highest BCUT2D eigenvalue weighted by molar-refractivity contribution is 5.70. The Balaban J connectivity index is 2.34. The van der Waals surface area contributed by atoms with Crippen LogP contribution in [0.25, 0.3) is 0 Å². The minimum atomic E-state index is -0.730. The first-order valence-electron chi connectivity index (χ1n) is 5.09. The average molecular weight is 202 g/mol. The zero-order valence-electron chi connectivity index (χ0n) is 8.57. The number of carboxylic acids is 1. The van der Waals surface area contributed by atoms with E-state index in [1.54, 1.807) is 7.11 Å². The van der Waals surface area contributed by atoms with Crippen LogP contribution >= 0.6 is 0 Å². The van der Waals surface area contributed by atoms with Crippen molar-refractivity contribution in [2.75, 3.05) is 20.3 Å². The lowest BCUT2D eigenvalue weighted by molar-refractivity contribution is -0.150. The highest BCUT2D eigenvalue weighted by Crippen LogP contribution is 2.26. The number of methoxy groups -OCH3 is 1. The fourth-order valence-electron chi connectivity index (χ4n) is 1.86. The van der Waals surface area contributed by atoms with Gasteiger partial charge >= 0.3 is 5.97 Å². The molecule has 82 valence electrons. The van der Waals surface area contributed by atoms with E-state index in [1.165, 1.54) is 0 Å². The highest BCUT2D eigenvalue weighted by atomic mass is 16.5. The van der Waals surface area contributed by atoms with Crippen molar-refractivity contribution < 1.29 is 19.4 Å². The molecule has 4 heteroatoms. The molecule has 1 rings (SSSR count). The Morgan fingerprint density at radius 1 is 1.36 bits per heavy atom. The first kappa shape index (κ1) is 11.5. The predicted molar refractivity (Wildman–Crippen MR) is 51.2 cm³/mol. The minimum absolute atomic E-state index is 0.114. The van der Waals surface area contributed by atoms with Crippen LogP contribution in [0, 0.1) is 5.92 Å². The lowest BCUT2D eigenvalue weighted by Crippen LogP contribution is -2.34. The van der Waals surface area contributed by atoms with Gasteiger partial charge in [0.25, 0.3) is 0 Å². The summed E-state index contributed by atoms with van der Waals surface area (Å²) in [7, 11) is 1.61. The fourth-order valence-corrected chi connectivity index (χ4v) is 1.86. The molecule has 0 bridgehead atoms. The van der Waals surface area contributed by atoms with Gasteiger partial charge < -0.3 is 14.6 Å². The van der Waals surface area contributed by atoms with Crippen LogP contribution < -0.4 is 0 Å². The molecule has 0 saturated heterocycles. The molecule has 0 aromatic carbocycles. The van der Waals surface area contributed by atoms with Crippen molar-refractivity contribution in [3.63, 3.8) is 0 Å². The first-order valence-corrected chi connectivity index (χ1v) is 5.09. The van der Waals surface area contributed by atoms with Crippen molar-refractivity contribution in [2.45, 2.75) is 31.8 Å². The van der Waals surface area contributed by atoms with Gasteiger partial charge in [-0.3, -0.25) is 4.79 Å². The van der Waals surface area contributed by atoms with E-state index in [0.29, 0.717) is 13.2 Å². The minimum Gasteiger partial charge on any atom is -0.481 e. The number of hydrogen-bond acceptors (Lipinski definition) is 3. The van der Waals surface area contributed by atoms with E-state index in [9.17, 15) is 4.79 Å². The molecular formula is C10H18O4. The summed E-state index contributed by atoms with van der Waals surface area (Å²) < 4.78 is 10.3. The molecule has 0 aromatic rings. The van der Waals surface area contributed by atoms with Crippen LogP contribution in [0.4, 0.5) is 0 Å². The van der Waals surface area contributed by atoms with Gasteiger partial charge in [0, 0.05) is 7.11 Å². The Kier molecular flexibility index (Phi) is 4.90. The maximum Gasteiger partial charge on any atom is 0.309 e. The largest absolute Gasteiger partial charge is 0.481 e. The van der Waals surface area contributed by atoms with Crippen molar-refractivity contribution >= 4 is 5.97 Å². The van der Waals surface area contributed by atoms with Crippen molar-refractivity contribution in [1.29, 1.82) is 0 Å². The first-order chi connectivity index (χ1) is 6.75. The van der Waals surface area contributed by atoms with Gasteiger partial charge in [-0.05, 0) is 12.8 Å². The molecule has 1 aliphatic rings. The maximum absolute atomic E-state index is 10.9. The van der Waals surface area contributed by atoms with Crippen molar-refractivity contribution in [1.82, 2.24) is 0 Å². The van der Waals surface area contributed by atoms with E-state index in [4.69, 9.17) is 14.6 Å². The summed E-state index contributed by atoms with van der Waals surface area (Å²) in [4.78, 5) is 10.9. The second kappa shape index (κ2) is 5.98. The molecule has 0 heterocycles. The molecule has 2 atom stereocenters. The summed E-state index contributed by atoms with van der Waals surface area (Å²) in [5.41, 5.74) is 0. The molecule has 1 saturated carbocycles. The third kappa shape index (κ3) is 3.27. The van der Waals surface area contributed by atoms with E-state index in [0.717, 1.165) is 25.7 Å². The van der Waals surface area contributed by atoms with Crippen LogP contribution in [-0.4, -0.2) is 37.5 Å². The molecule has 4 nitrogen and oxygen atoms in total. The van der Waals surface area contributed by atoms with Gasteiger partial charge in [-0.1, -0.05) is 12.8 Å². The summed E-state index contributed by atoms with van der Waals surface area (Å²) in [6.45, 7) is 1.02. The Morgan fingerprint density at radius 2 is 2.07 bits per heavy atom. The smallest absolute Gasteiger partial charge is 0.309 e. The third-order valence-corrected chi connectivity index (χ3v) is 2.64. The van der Waals surface area contributed by atoms with Gasteiger partial charge in [0.2, 0.25) is 0 Å². The monoisotopic (exact) mass is 202 g/mol. The number of carbonyl (C=O) groups is 1. The lowest BCUT2D eigenvalue weighted by atomic mass is 9.86. The van der Waals surface area contributed by atoms with Gasteiger partial charge in [0.05, 0.1) is 25.2 Å². The predicted octanol–water partition coefficient (Wildman–Crippen LogP) is 1.29. The average Bonchev–Trinajstić information content (AvgIpc) is 2.19. The number of ether oxygens (including phenoxy) is 2. The molecule has 14 heavy (non-hydrogen) atoms. The van der Waals surface area contributed by atoms with E-state index in [2.05, 4.69) is 0 Å². The van der Waals surface area contributed by atoms with Crippen LogP contribution in [0.5, 0.6) is 0 Å². The summed E-state index contributed by atoms with van der Waals surface area (Å²) in [6.07, 6.45) is 3.56. The Morgan fingerprint density at radius 3 is 2.71 bits per heavy atom. The molecule has 2 unspecified atom stereocenters. The summed E-state index contributed by atoms with van der Waals surface area (Å²) in [6, 6.07) is 0. The standard InChI is InChI=1S/C10H18O4/c1-13-6-7-14-9-5-3-2-4-8(9)10(11)12/h8-9H,2-7H2,1H3,(H,11,12). The SMILES string of the molecule is COCCOC1CCCCC1C(=O)O. The van der Waals surface area contributed by atoms with Crippen LogP contribution in [-0.2, 0) is 14.3 Å². The Labute approximate surface area is 84.2 Å². The molecule has 0 aliphatic heterocycles. The molecule has 0 spiro atoms. The van der Waals surface area contributed by atoms with Crippen molar-refractivity contribution in [3.05, 3.63) is 0 Å². The number of aliphatic carboxylic acids is 1. The van der Waals surface area contributed by atoms with E-state index >= 15 is 0 Å². The molecule has 0 amide bonds. The Bertz CT molecular complexity index is 181. The van der Waals surface area contributed by atoms with E-state index < -0.39 is 5.97 Å². The summed E-state index contributed by atoms with van der Waals surface area (Å²) >= 11 is 0. The summed E-state index contributed by atoms with van der Waals surface area (Å²) in [5.74, 6) is -1.05. The maximum atomic E-state index is 10.9. The number of rotatable bonds is 5. The highest BCUT2D eigenvalue weighted by Gasteiger charge is 2.31. The number of hydrogen-bond donors (Lipinski definition) is 1. The van der Waals surface area contributed by atoms with Gasteiger partial charge in [0.15, 0.2) is 0 Å². The van der Waals surface area contributed by atoms with Crippen LogP contribution in [0.3, 0.4) is 0 Å². The normalized spacial score (nSPS) is 27.5. The van der Waals surface area contributed by atoms with Crippen molar-refractivity contribution in [3.8, 4) is 0 Å². The third-order valence-electron chi connectivity index (χ3n) is 2.64. The van der Waals surface area contributed by atoms with Gasteiger partial charge in [-0.15, -0.1) is 0 Å². The van der Waals surface area contributed by atoms with Gasteiger partial charge in [-0.2, -0.15) is 0 Å². The zero-order valence-corrected chi connectivity index (χ0v) is 8.57. The van der Waals surface area contributed by atoms with Crippen LogP contribution in [0.2, 0.25) is 0 Å². The summed E-state index contributed by atoms with van der Waals surface area (Å²) in [5, 5.41) is 8.95. The fraction of sp³-hybridized carbons (Fsp3) is 0.900. The van der Waals surface area contributed by atoms with Gasteiger partial charge in [-0.25, -0.2) is 0 Å². The number of carboxylic acid groups (broad SMARTS) is 1. The molecule has 0 radical (unpaired) electrons. The Hall–Kier alpha value is -0.610. The molecule has 0 aromatic heterocycles. The van der Waals surface area contributed by atoms with Crippen molar-refractivity contribution in [2.24, 2.45) is 5.92 Å². The quantitative estimate of drug-likeness (QED) is 0.682. The van der Waals surface area contributed by atoms with Crippen LogP contribution in [0.15, 0.2) is 0 Å².